The highest BCUT2D eigenvalue weighted by atomic mass is 32.1. The van der Waals surface area contributed by atoms with Crippen molar-refractivity contribution in [3.8, 4) is 0 Å². The Balaban J connectivity index is 1.50. The number of rotatable bonds is 4. The van der Waals surface area contributed by atoms with Gasteiger partial charge in [0.05, 0.1) is 17.6 Å². The van der Waals surface area contributed by atoms with Crippen LogP contribution in [0.25, 0.3) is 0 Å². The van der Waals surface area contributed by atoms with Crippen molar-refractivity contribution in [1.82, 2.24) is 15.3 Å². The Morgan fingerprint density at radius 1 is 1.27 bits per heavy atom. The van der Waals surface area contributed by atoms with Crippen molar-refractivity contribution < 1.29 is 9.59 Å². The number of carbonyl (C=O) groups excluding carboxylic acids is 2. The average molecular weight is 372 g/mol. The quantitative estimate of drug-likeness (QED) is 0.841. The number of thiazole rings is 1. The van der Waals surface area contributed by atoms with Gasteiger partial charge in [0.25, 0.3) is 5.91 Å². The van der Waals surface area contributed by atoms with Gasteiger partial charge in [0.15, 0.2) is 5.13 Å². The van der Waals surface area contributed by atoms with Crippen LogP contribution in [0.5, 0.6) is 0 Å². The topological polar surface area (TPSA) is 90.5 Å². The monoisotopic (exact) mass is 372 g/mol. The molecule has 9 heteroatoms. The smallest absolute Gasteiger partial charge is 0.275 e. The van der Waals surface area contributed by atoms with Gasteiger partial charge < -0.3 is 15.5 Å². The van der Waals surface area contributed by atoms with Crippen molar-refractivity contribution in [3.05, 3.63) is 29.5 Å². The highest BCUT2D eigenvalue weighted by Gasteiger charge is 2.25. The van der Waals surface area contributed by atoms with Crippen LogP contribution in [0.3, 0.4) is 0 Å². The van der Waals surface area contributed by atoms with Gasteiger partial charge in [-0.05, 0) is 12.5 Å². The van der Waals surface area contributed by atoms with Gasteiger partial charge in [-0.15, -0.1) is 11.3 Å². The van der Waals surface area contributed by atoms with Gasteiger partial charge >= 0.3 is 0 Å². The van der Waals surface area contributed by atoms with Gasteiger partial charge in [-0.3, -0.25) is 19.5 Å². The number of aromatic nitrogens is 2. The third-order valence-corrected chi connectivity index (χ3v) is 5.40. The van der Waals surface area contributed by atoms with Crippen LogP contribution in [0, 0.1) is 0 Å². The maximum atomic E-state index is 12.6. The van der Waals surface area contributed by atoms with Gasteiger partial charge in [0.1, 0.15) is 5.69 Å². The van der Waals surface area contributed by atoms with Gasteiger partial charge in [0.2, 0.25) is 5.91 Å². The van der Waals surface area contributed by atoms with Crippen molar-refractivity contribution in [2.45, 2.75) is 12.8 Å². The SMILES string of the molecule is O=C(Nc1cnccc1N1CCNCC1)c1csc(N2CCCC2=O)n1. The fourth-order valence-corrected chi connectivity index (χ4v) is 4.04. The summed E-state index contributed by atoms with van der Waals surface area (Å²) in [7, 11) is 0. The van der Waals surface area contributed by atoms with Crippen LogP contribution in [0.4, 0.5) is 16.5 Å². The Hall–Kier alpha value is -2.52. The first-order chi connectivity index (χ1) is 12.7. The van der Waals surface area contributed by atoms with Crippen LogP contribution >= 0.6 is 11.3 Å². The zero-order chi connectivity index (χ0) is 17.9. The van der Waals surface area contributed by atoms with E-state index in [-0.39, 0.29) is 11.8 Å². The van der Waals surface area contributed by atoms with E-state index < -0.39 is 0 Å². The lowest BCUT2D eigenvalue weighted by Crippen LogP contribution is -2.43. The molecule has 0 aromatic carbocycles. The molecular formula is C17H20N6O2S. The minimum Gasteiger partial charge on any atom is -0.367 e. The molecule has 26 heavy (non-hydrogen) atoms. The summed E-state index contributed by atoms with van der Waals surface area (Å²) in [5, 5.41) is 8.52. The first kappa shape index (κ1) is 16.9. The third kappa shape index (κ3) is 3.40. The summed E-state index contributed by atoms with van der Waals surface area (Å²) in [6.45, 7) is 4.25. The summed E-state index contributed by atoms with van der Waals surface area (Å²) in [6, 6.07) is 1.91. The molecule has 2 aliphatic heterocycles. The molecule has 2 saturated heterocycles. The van der Waals surface area contributed by atoms with Crippen molar-refractivity contribution in [2.24, 2.45) is 0 Å². The van der Waals surface area contributed by atoms with E-state index in [0.717, 1.165) is 38.3 Å². The summed E-state index contributed by atoms with van der Waals surface area (Å²) in [5.41, 5.74) is 1.95. The molecule has 2 N–H and O–H groups in total. The number of nitrogens with zero attached hydrogens (tertiary/aromatic N) is 4. The van der Waals surface area contributed by atoms with E-state index in [2.05, 4.69) is 25.5 Å². The number of amides is 2. The number of carbonyl (C=O) groups is 2. The largest absolute Gasteiger partial charge is 0.367 e. The van der Waals surface area contributed by atoms with Crippen LogP contribution in [0.1, 0.15) is 23.3 Å². The Kier molecular flexibility index (Phi) is 4.81. The third-order valence-electron chi connectivity index (χ3n) is 4.53. The molecular weight excluding hydrogens is 352 g/mol. The molecule has 0 saturated carbocycles. The van der Waals surface area contributed by atoms with E-state index >= 15 is 0 Å². The molecule has 4 heterocycles. The Labute approximate surface area is 155 Å². The predicted octanol–water partition coefficient (Wildman–Crippen LogP) is 1.33. The van der Waals surface area contributed by atoms with E-state index in [1.165, 1.54) is 11.3 Å². The lowest BCUT2D eigenvalue weighted by Gasteiger charge is -2.30. The van der Waals surface area contributed by atoms with Crippen LogP contribution in [-0.4, -0.2) is 54.5 Å². The molecule has 0 radical (unpaired) electrons. The summed E-state index contributed by atoms with van der Waals surface area (Å²) in [5.74, 6) is -0.219. The standard InChI is InChI=1S/C17H20N6O2S/c24-15-2-1-7-23(15)17-21-13(11-26-17)16(25)20-12-10-19-4-3-14(12)22-8-5-18-6-9-22/h3-4,10-11,18H,1-2,5-9H2,(H,20,25). The fourth-order valence-electron chi connectivity index (χ4n) is 3.19. The zero-order valence-electron chi connectivity index (χ0n) is 14.3. The second-order valence-electron chi connectivity index (χ2n) is 6.25. The molecule has 4 rings (SSSR count). The van der Waals surface area contributed by atoms with Gasteiger partial charge in [-0.2, -0.15) is 0 Å². The van der Waals surface area contributed by atoms with Crippen molar-refractivity contribution in [2.75, 3.05) is 47.8 Å². The predicted molar refractivity (Wildman–Crippen MR) is 101 cm³/mol. The lowest BCUT2D eigenvalue weighted by molar-refractivity contribution is -0.117. The van der Waals surface area contributed by atoms with E-state index in [1.54, 1.807) is 22.7 Å². The Morgan fingerprint density at radius 2 is 2.12 bits per heavy atom. The first-order valence-corrected chi connectivity index (χ1v) is 9.57. The molecule has 2 aromatic rings. The summed E-state index contributed by atoms with van der Waals surface area (Å²) >= 11 is 1.32. The van der Waals surface area contributed by atoms with Crippen LogP contribution in [-0.2, 0) is 4.79 Å². The molecule has 8 nitrogen and oxygen atoms in total. The van der Waals surface area contributed by atoms with Crippen LogP contribution in [0.15, 0.2) is 23.8 Å². The number of anilines is 3. The van der Waals surface area contributed by atoms with E-state index in [0.29, 0.717) is 29.5 Å². The van der Waals surface area contributed by atoms with Crippen molar-refractivity contribution in [3.63, 3.8) is 0 Å². The number of nitrogens with one attached hydrogen (secondary N) is 2. The second kappa shape index (κ2) is 7.38. The number of piperazine rings is 1. The van der Waals surface area contributed by atoms with E-state index in [4.69, 9.17) is 0 Å². The van der Waals surface area contributed by atoms with Gasteiger partial charge in [0, 0.05) is 50.7 Å². The highest BCUT2D eigenvalue weighted by Crippen LogP contribution is 2.28. The maximum Gasteiger partial charge on any atom is 0.275 e. The van der Waals surface area contributed by atoms with E-state index in [1.807, 2.05) is 6.07 Å². The zero-order valence-corrected chi connectivity index (χ0v) is 15.1. The highest BCUT2D eigenvalue weighted by molar-refractivity contribution is 7.14. The van der Waals surface area contributed by atoms with Crippen molar-refractivity contribution >= 4 is 39.7 Å². The van der Waals surface area contributed by atoms with Gasteiger partial charge in [-0.1, -0.05) is 0 Å². The summed E-state index contributed by atoms with van der Waals surface area (Å²) in [4.78, 5) is 36.8. The molecule has 0 unspecified atom stereocenters. The normalized spacial score (nSPS) is 17.6. The molecule has 2 fully saturated rings. The number of hydrogen-bond donors (Lipinski definition) is 2. The molecule has 0 spiro atoms. The Bertz CT molecular complexity index is 817. The van der Waals surface area contributed by atoms with Crippen LogP contribution in [0.2, 0.25) is 0 Å². The fraction of sp³-hybridized carbons (Fsp3) is 0.412. The second-order valence-corrected chi connectivity index (χ2v) is 7.08. The molecule has 2 amide bonds. The molecule has 0 aliphatic carbocycles. The summed E-state index contributed by atoms with van der Waals surface area (Å²) in [6.07, 6.45) is 4.77. The molecule has 136 valence electrons. The molecule has 2 aromatic heterocycles. The molecule has 0 atom stereocenters. The molecule has 2 aliphatic rings. The first-order valence-electron chi connectivity index (χ1n) is 8.69. The lowest BCUT2D eigenvalue weighted by atomic mass is 10.2. The average Bonchev–Trinajstić information content (AvgIpc) is 3.32. The minimum atomic E-state index is -0.288. The van der Waals surface area contributed by atoms with Gasteiger partial charge in [-0.25, -0.2) is 4.98 Å². The molecule has 0 bridgehead atoms. The minimum absolute atomic E-state index is 0.0690. The Morgan fingerprint density at radius 3 is 2.88 bits per heavy atom. The van der Waals surface area contributed by atoms with Crippen molar-refractivity contribution in [1.29, 1.82) is 0 Å². The summed E-state index contributed by atoms with van der Waals surface area (Å²) < 4.78 is 0. The van der Waals surface area contributed by atoms with E-state index in [9.17, 15) is 9.59 Å². The number of hydrogen-bond acceptors (Lipinski definition) is 7. The number of pyridine rings is 1. The van der Waals surface area contributed by atoms with Crippen LogP contribution < -0.4 is 20.4 Å². The maximum absolute atomic E-state index is 12.6.